The number of rotatable bonds is 4. The van der Waals surface area contributed by atoms with Crippen LogP contribution in [0.15, 0.2) is 36.0 Å². The third-order valence-corrected chi connectivity index (χ3v) is 3.14. The second-order valence-electron chi connectivity index (χ2n) is 4.73. The molecule has 1 unspecified atom stereocenters. The van der Waals surface area contributed by atoms with Gasteiger partial charge in [0.05, 0.1) is 5.69 Å². The van der Waals surface area contributed by atoms with Crippen LogP contribution in [0.4, 0.5) is 13.2 Å². The van der Waals surface area contributed by atoms with Crippen LogP contribution in [0, 0.1) is 0 Å². The Morgan fingerprint density at radius 3 is 2.75 bits per heavy atom. The van der Waals surface area contributed by atoms with Crippen molar-refractivity contribution >= 4 is 5.91 Å². The smallest absolute Gasteiger partial charge is 0.339 e. The van der Waals surface area contributed by atoms with Gasteiger partial charge in [-0.1, -0.05) is 17.7 Å². The first kappa shape index (κ1) is 14.6. The monoisotopic (exact) mass is 284 g/mol. The second kappa shape index (κ2) is 6.07. The number of allylic oxidation sites excluding steroid dienone is 1. The number of hydrogen-bond donors (Lipinski definition) is 1. The van der Waals surface area contributed by atoms with E-state index >= 15 is 0 Å². The Bertz CT molecular complexity index is 497. The third kappa shape index (κ3) is 3.82. The highest BCUT2D eigenvalue weighted by Gasteiger charge is 2.42. The zero-order chi connectivity index (χ0) is 14.6. The van der Waals surface area contributed by atoms with Crippen molar-refractivity contribution in [3.05, 3.63) is 41.7 Å². The molecule has 1 aromatic heterocycles. The maximum absolute atomic E-state index is 13.0. The zero-order valence-electron chi connectivity index (χ0n) is 10.8. The van der Waals surface area contributed by atoms with Gasteiger partial charge in [0.25, 0.3) is 0 Å². The maximum Gasteiger partial charge on any atom is 0.414 e. The number of pyridine rings is 1. The van der Waals surface area contributed by atoms with Crippen molar-refractivity contribution in [2.75, 3.05) is 0 Å². The summed E-state index contributed by atoms with van der Waals surface area (Å²) in [6.07, 6.45) is 1.31. The molecule has 1 aliphatic carbocycles. The van der Waals surface area contributed by atoms with E-state index in [9.17, 15) is 18.0 Å². The number of amides is 1. The first-order valence-electron chi connectivity index (χ1n) is 6.42. The number of nitrogens with zero attached hydrogens (tertiary/aromatic N) is 1. The lowest BCUT2D eigenvalue weighted by Crippen LogP contribution is -2.38. The highest BCUT2D eigenvalue weighted by atomic mass is 19.4. The summed E-state index contributed by atoms with van der Waals surface area (Å²) >= 11 is 0. The van der Waals surface area contributed by atoms with Crippen molar-refractivity contribution in [3.63, 3.8) is 0 Å². The molecule has 1 atom stereocenters. The Balaban J connectivity index is 2.07. The first-order chi connectivity index (χ1) is 9.47. The fourth-order valence-electron chi connectivity index (χ4n) is 2.19. The molecule has 0 aliphatic heterocycles. The molecule has 0 bridgehead atoms. The molecule has 1 aromatic rings. The Kier molecular flexibility index (Phi) is 4.42. The molecule has 2 rings (SSSR count). The molecule has 0 saturated heterocycles. The molecule has 1 aliphatic rings. The van der Waals surface area contributed by atoms with Gasteiger partial charge in [0.1, 0.15) is 0 Å². The number of carbonyl (C=O) groups excluding carboxylic acids is 1. The molecule has 1 N–H and O–H groups in total. The predicted molar refractivity (Wildman–Crippen MR) is 67.7 cm³/mol. The summed E-state index contributed by atoms with van der Waals surface area (Å²) in [6, 6.07) is 2.19. The SMILES string of the molecule is O=C(CC1=CCCC1)NC(c1ccccn1)C(F)(F)F. The van der Waals surface area contributed by atoms with Crippen molar-refractivity contribution in [2.45, 2.75) is 37.9 Å². The van der Waals surface area contributed by atoms with E-state index in [1.165, 1.54) is 24.4 Å². The zero-order valence-corrected chi connectivity index (χ0v) is 10.8. The summed E-state index contributed by atoms with van der Waals surface area (Å²) < 4.78 is 39.0. The van der Waals surface area contributed by atoms with Crippen molar-refractivity contribution in [3.8, 4) is 0 Å². The summed E-state index contributed by atoms with van der Waals surface area (Å²) in [5.74, 6) is -0.619. The Morgan fingerprint density at radius 1 is 1.40 bits per heavy atom. The van der Waals surface area contributed by atoms with Crippen LogP contribution >= 0.6 is 0 Å². The van der Waals surface area contributed by atoms with Crippen molar-refractivity contribution in [1.29, 1.82) is 0 Å². The van der Waals surface area contributed by atoms with Crippen LogP contribution in [0.1, 0.15) is 37.4 Å². The van der Waals surface area contributed by atoms with E-state index in [1.807, 2.05) is 11.4 Å². The van der Waals surface area contributed by atoms with E-state index in [4.69, 9.17) is 0 Å². The molecule has 1 amide bonds. The maximum atomic E-state index is 13.0. The molecule has 0 saturated carbocycles. The summed E-state index contributed by atoms with van der Waals surface area (Å²) in [7, 11) is 0. The van der Waals surface area contributed by atoms with E-state index in [-0.39, 0.29) is 12.1 Å². The third-order valence-electron chi connectivity index (χ3n) is 3.14. The van der Waals surface area contributed by atoms with E-state index in [0.29, 0.717) is 0 Å². The van der Waals surface area contributed by atoms with Crippen LogP contribution < -0.4 is 5.32 Å². The Hall–Kier alpha value is -1.85. The quantitative estimate of drug-likeness (QED) is 0.862. The van der Waals surface area contributed by atoms with E-state index in [0.717, 1.165) is 24.8 Å². The van der Waals surface area contributed by atoms with Crippen LogP contribution in [-0.4, -0.2) is 17.1 Å². The normalized spacial score (nSPS) is 16.6. The predicted octanol–water partition coefficient (Wildman–Crippen LogP) is 3.30. The minimum Gasteiger partial charge on any atom is -0.339 e. The summed E-state index contributed by atoms with van der Waals surface area (Å²) in [5.41, 5.74) is 0.707. The van der Waals surface area contributed by atoms with Crippen LogP contribution in [0.25, 0.3) is 0 Å². The number of hydrogen-bond acceptors (Lipinski definition) is 2. The lowest BCUT2D eigenvalue weighted by molar-refractivity contribution is -0.164. The summed E-state index contributed by atoms with van der Waals surface area (Å²) in [6.45, 7) is 0. The minimum atomic E-state index is -4.56. The molecule has 0 spiro atoms. The van der Waals surface area contributed by atoms with Gasteiger partial charge in [0.15, 0.2) is 6.04 Å². The number of aromatic nitrogens is 1. The number of alkyl halides is 3. The molecule has 20 heavy (non-hydrogen) atoms. The van der Waals surface area contributed by atoms with Gasteiger partial charge in [-0.05, 0) is 31.4 Å². The minimum absolute atomic E-state index is 0.0272. The largest absolute Gasteiger partial charge is 0.414 e. The highest BCUT2D eigenvalue weighted by Crippen LogP contribution is 2.32. The molecular weight excluding hydrogens is 269 g/mol. The summed E-state index contributed by atoms with van der Waals surface area (Å²) in [5, 5.41) is 2.03. The fraction of sp³-hybridized carbons (Fsp3) is 0.429. The van der Waals surface area contributed by atoms with Crippen molar-refractivity contribution in [2.24, 2.45) is 0 Å². The van der Waals surface area contributed by atoms with Crippen LogP contribution in [0.3, 0.4) is 0 Å². The molecule has 1 heterocycles. The lowest BCUT2D eigenvalue weighted by atomic mass is 10.1. The van der Waals surface area contributed by atoms with Crippen LogP contribution in [-0.2, 0) is 4.79 Å². The average Bonchev–Trinajstić information content (AvgIpc) is 2.88. The second-order valence-corrected chi connectivity index (χ2v) is 4.73. The molecule has 108 valence electrons. The van der Waals surface area contributed by atoms with E-state index in [2.05, 4.69) is 4.98 Å². The van der Waals surface area contributed by atoms with Gasteiger partial charge in [-0.25, -0.2) is 0 Å². The standard InChI is InChI=1S/C14H15F3N2O/c15-14(16,17)13(11-7-3-4-8-18-11)19-12(20)9-10-5-1-2-6-10/h3-5,7-8,13H,1-2,6,9H2,(H,19,20). The van der Waals surface area contributed by atoms with Gasteiger partial charge in [-0.3, -0.25) is 9.78 Å². The van der Waals surface area contributed by atoms with Crippen LogP contribution in [0.5, 0.6) is 0 Å². The van der Waals surface area contributed by atoms with Gasteiger partial charge in [-0.2, -0.15) is 13.2 Å². The van der Waals surface area contributed by atoms with Crippen molar-refractivity contribution in [1.82, 2.24) is 10.3 Å². The van der Waals surface area contributed by atoms with Gasteiger partial charge < -0.3 is 5.32 Å². The number of halogens is 3. The Morgan fingerprint density at radius 2 is 2.20 bits per heavy atom. The van der Waals surface area contributed by atoms with Crippen LogP contribution in [0.2, 0.25) is 0 Å². The van der Waals surface area contributed by atoms with E-state index < -0.39 is 18.1 Å². The molecular formula is C14H15F3N2O. The van der Waals surface area contributed by atoms with Gasteiger partial charge in [-0.15, -0.1) is 0 Å². The molecule has 3 nitrogen and oxygen atoms in total. The number of nitrogens with one attached hydrogen (secondary N) is 1. The molecule has 0 fully saturated rings. The van der Waals surface area contributed by atoms with Gasteiger partial charge in [0.2, 0.25) is 5.91 Å². The molecule has 0 radical (unpaired) electrons. The average molecular weight is 284 g/mol. The van der Waals surface area contributed by atoms with Crippen molar-refractivity contribution < 1.29 is 18.0 Å². The van der Waals surface area contributed by atoms with E-state index in [1.54, 1.807) is 0 Å². The lowest BCUT2D eigenvalue weighted by Gasteiger charge is -2.21. The van der Waals surface area contributed by atoms with Gasteiger partial charge >= 0.3 is 6.18 Å². The first-order valence-corrected chi connectivity index (χ1v) is 6.42. The molecule has 6 heteroatoms. The highest BCUT2D eigenvalue weighted by molar-refractivity contribution is 5.79. The topological polar surface area (TPSA) is 42.0 Å². The fourth-order valence-corrected chi connectivity index (χ4v) is 2.19. The number of carbonyl (C=O) groups is 1. The molecule has 0 aromatic carbocycles. The Labute approximate surface area is 114 Å². The summed E-state index contributed by atoms with van der Waals surface area (Å²) in [4.78, 5) is 15.4. The van der Waals surface area contributed by atoms with Gasteiger partial charge in [0, 0.05) is 12.6 Å².